The van der Waals surface area contributed by atoms with Gasteiger partial charge in [-0.3, -0.25) is 4.79 Å². The molecule has 2 heteroatoms. The molecule has 80 valence electrons. The minimum Gasteiger partial charge on any atom is -0.435 e. The molecule has 0 bridgehead atoms. The standard InChI is InChI=1S/C14H12O2/c1-11(15)16-10-9-13-7-4-6-12-5-2-3-8-14(12)13/h2-10H,1H3. The Morgan fingerprint density at radius 1 is 1.12 bits per heavy atom. The monoisotopic (exact) mass is 212 g/mol. The third kappa shape index (κ3) is 2.28. The van der Waals surface area contributed by atoms with Crippen molar-refractivity contribution in [2.45, 2.75) is 6.92 Å². The molecular weight excluding hydrogens is 200 g/mol. The van der Waals surface area contributed by atoms with Crippen LogP contribution in [0.1, 0.15) is 12.5 Å². The summed E-state index contributed by atoms with van der Waals surface area (Å²) in [5.74, 6) is -0.309. The van der Waals surface area contributed by atoms with E-state index in [1.807, 2.05) is 30.3 Å². The zero-order chi connectivity index (χ0) is 11.4. The highest BCUT2D eigenvalue weighted by Crippen LogP contribution is 2.19. The van der Waals surface area contributed by atoms with Crippen LogP contribution in [0.15, 0.2) is 48.7 Å². The predicted molar refractivity (Wildman–Crippen MR) is 64.7 cm³/mol. The summed E-state index contributed by atoms with van der Waals surface area (Å²) in [6.07, 6.45) is 3.22. The quantitative estimate of drug-likeness (QED) is 0.563. The summed E-state index contributed by atoms with van der Waals surface area (Å²) in [6.45, 7) is 1.38. The fraction of sp³-hybridized carbons (Fsp3) is 0.0714. The van der Waals surface area contributed by atoms with E-state index in [0.717, 1.165) is 10.9 Å². The average molecular weight is 212 g/mol. The minimum atomic E-state index is -0.309. The van der Waals surface area contributed by atoms with Gasteiger partial charge in [0.2, 0.25) is 0 Å². The Hall–Kier alpha value is -2.09. The Labute approximate surface area is 94.2 Å². The molecule has 0 fully saturated rings. The highest BCUT2D eigenvalue weighted by Gasteiger charge is 1.96. The summed E-state index contributed by atoms with van der Waals surface area (Å²) in [5.41, 5.74) is 1.04. The number of hydrogen-bond donors (Lipinski definition) is 0. The maximum Gasteiger partial charge on any atom is 0.307 e. The zero-order valence-electron chi connectivity index (χ0n) is 9.01. The molecule has 0 unspecified atom stereocenters. The lowest BCUT2D eigenvalue weighted by atomic mass is 10.1. The molecule has 0 atom stereocenters. The maximum atomic E-state index is 10.6. The molecule has 2 aromatic carbocycles. The third-order valence-electron chi connectivity index (χ3n) is 2.30. The maximum absolute atomic E-state index is 10.6. The van der Waals surface area contributed by atoms with E-state index in [4.69, 9.17) is 4.74 Å². The van der Waals surface area contributed by atoms with Crippen LogP contribution in [0, 0.1) is 0 Å². The minimum absolute atomic E-state index is 0.309. The van der Waals surface area contributed by atoms with Crippen LogP contribution in [0.2, 0.25) is 0 Å². The molecule has 0 saturated heterocycles. The summed E-state index contributed by atoms with van der Waals surface area (Å²) in [7, 11) is 0. The molecule has 2 nitrogen and oxygen atoms in total. The van der Waals surface area contributed by atoms with Gasteiger partial charge in [0.05, 0.1) is 6.26 Å². The summed E-state index contributed by atoms with van der Waals surface area (Å²) >= 11 is 0. The molecule has 0 aliphatic heterocycles. The molecule has 0 heterocycles. The largest absolute Gasteiger partial charge is 0.435 e. The van der Waals surface area contributed by atoms with Crippen LogP contribution >= 0.6 is 0 Å². The number of ether oxygens (including phenoxy) is 1. The van der Waals surface area contributed by atoms with Gasteiger partial charge < -0.3 is 4.74 Å². The van der Waals surface area contributed by atoms with Gasteiger partial charge in [-0.25, -0.2) is 0 Å². The first-order valence-electron chi connectivity index (χ1n) is 5.09. The Kier molecular flexibility index (Phi) is 3.01. The Morgan fingerprint density at radius 3 is 2.69 bits per heavy atom. The van der Waals surface area contributed by atoms with Crippen molar-refractivity contribution in [2.75, 3.05) is 0 Å². The molecule has 0 radical (unpaired) electrons. The highest BCUT2D eigenvalue weighted by atomic mass is 16.5. The van der Waals surface area contributed by atoms with Crippen molar-refractivity contribution in [3.63, 3.8) is 0 Å². The lowest BCUT2D eigenvalue weighted by Crippen LogP contribution is -1.89. The second-order valence-electron chi connectivity index (χ2n) is 3.48. The number of hydrogen-bond acceptors (Lipinski definition) is 2. The zero-order valence-corrected chi connectivity index (χ0v) is 9.01. The number of carbonyl (C=O) groups excluding carboxylic acids is 1. The van der Waals surface area contributed by atoms with E-state index >= 15 is 0 Å². The molecule has 0 amide bonds. The lowest BCUT2D eigenvalue weighted by Gasteiger charge is -2.01. The van der Waals surface area contributed by atoms with Crippen molar-refractivity contribution in [1.82, 2.24) is 0 Å². The molecule has 0 saturated carbocycles. The molecular formula is C14H12O2. The molecule has 2 aromatic rings. The fourth-order valence-corrected chi connectivity index (χ4v) is 1.60. The van der Waals surface area contributed by atoms with Crippen LogP contribution in [0.3, 0.4) is 0 Å². The number of esters is 1. The molecule has 0 aliphatic rings. The van der Waals surface area contributed by atoms with E-state index in [2.05, 4.69) is 12.1 Å². The molecule has 16 heavy (non-hydrogen) atoms. The summed E-state index contributed by atoms with van der Waals surface area (Å²) in [4.78, 5) is 10.6. The normalized spacial score (nSPS) is 10.8. The van der Waals surface area contributed by atoms with E-state index in [1.165, 1.54) is 18.6 Å². The highest BCUT2D eigenvalue weighted by molar-refractivity contribution is 5.90. The van der Waals surface area contributed by atoms with Gasteiger partial charge in [-0.1, -0.05) is 42.5 Å². The van der Waals surface area contributed by atoms with E-state index < -0.39 is 0 Å². The van der Waals surface area contributed by atoms with Crippen molar-refractivity contribution in [3.05, 3.63) is 54.3 Å². The van der Waals surface area contributed by atoms with Crippen molar-refractivity contribution in [3.8, 4) is 0 Å². The third-order valence-corrected chi connectivity index (χ3v) is 2.30. The van der Waals surface area contributed by atoms with E-state index in [0.29, 0.717) is 0 Å². The van der Waals surface area contributed by atoms with Crippen LogP contribution in [0.4, 0.5) is 0 Å². The number of carbonyl (C=O) groups is 1. The van der Waals surface area contributed by atoms with E-state index in [1.54, 1.807) is 6.08 Å². The van der Waals surface area contributed by atoms with Crippen molar-refractivity contribution in [2.24, 2.45) is 0 Å². The first-order valence-corrected chi connectivity index (χ1v) is 5.09. The molecule has 0 N–H and O–H groups in total. The van der Waals surface area contributed by atoms with Gasteiger partial charge in [-0.05, 0) is 22.4 Å². The number of benzene rings is 2. The fourth-order valence-electron chi connectivity index (χ4n) is 1.60. The summed E-state index contributed by atoms with van der Waals surface area (Å²) in [6, 6.07) is 14.1. The van der Waals surface area contributed by atoms with E-state index in [-0.39, 0.29) is 5.97 Å². The van der Waals surface area contributed by atoms with Gasteiger partial charge in [0.25, 0.3) is 0 Å². The summed E-state index contributed by atoms with van der Waals surface area (Å²) < 4.78 is 4.78. The van der Waals surface area contributed by atoms with Crippen LogP contribution in [0.25, 0.3) is 16.8 Å². The predicted octanol–water partition coefficient (Wildman–Crippen LogP) is 3.37. The second kappa shape index (κ2) is 4.62. The Balaban J connectivity index is 2.37. The van der Waals surface area contributed by atoms with Gasteiger partial charge in [0.15, 0.2) is 0 Å². The first kappa shape index (κ1) is 10.4. The smallest absolute Gasteiger partial charge is 0.307 e. The lowest BCUT2D eigenvalue weighted by molar-refractivity contribution is -0.135. The molecule has 0 spiro atoms. The van der Waals surface area contributed by atoms with Gasteiger partial charge in [0, 0.05) is 6.92 Å². The van der Waals surface area contributed by atoms with Crippen LogP contribution in [-0.2, 0) is 9.53 Å². The Bertz CT molecular complexity index is 536. The van der Waals surface area contributed by atoms with Gasteiger partial charge in [0.1, 0.15) is 0 Å². The Morgan fingerprint density at radius 2 is 1.88 bits per heavy atom. The van der Waals surface area contributed by atoms with Gasteiger partial charge >= 0.3 is 5.97 Å². The topological polar surface area (TPSA) is 26.3 Å². The first-order chi connectivity index (χ1) is 7.77. The van der Waals surface area contributed by atoms with Crippen molar-refractivity contribution < 1.29 is 9.53 Å². The number of rotatable bonds is 2. The van der Waals surface area contributed by atoms with Gasteiger partial charge in [-0.15, -0.1) is 0 Å². The molecule has 0 aromatic heterocycles. The van der Waals surface area contributed by atoms with Crippen molar-refractivity contribution >= 4 is 22.8 Å². The SMILES string of the molecule is CC(=O)OC=Cc1cccc2ccccc12. The van der Waals surface area contributed by atoms with Crippen LogP contribution < -0.4 is 0 Å². The van der Waals surface area contributed by atoms with E-state index in [9.17, 15) is 4.79 Å². The van der Waals surface area contributed by atoms with Gasteiger partial charge in [-0.2, -0.15) is 0 Å². The van der Waals surface area contributed by atoms with Crippen LogP contribution in [-0.4, -0.2) is 5.97 Å². The molecule has 0 aliphatic carbocycles. The van der Waals surface area contributed by atoms with Crippen molar-refractivity contribution in [1.29, 1.82) is 0 Å². The molecule has 2 rings (SSSR count). The summed E-state index contributed by atoms with van der Waals surface area (Å²) in [5, 5.41) is 2.32. The number of fused-ring (bicyclic) bond motifs is 1. The second-order valence-corrected chi connectivity index (χ2v) is 3.48. The van der Waals surface area contributed by atoms with Crippen LogP contribution in [0.5, 0.6) is 0 Å². The average Bonchev–Trinajstić information content (AvgIpc) is 2.29.